The molecule has 0 fully saturated rings. The summed E-state index contributed by atoms with van der Waals surface area (Å²) < 4.78 is 5.73. The lowest BCUT2D eigenvalue weighted by molar-refractivity contribution is 0.415. The maximum absolute atomic E-state index is 8.69. The number of benzene rings is 1. The lowest BCUT2D eigenvalue weighted by Crippen LogP contribution is -1.95. The number of hydrogen-bond acceptors (Lipinski definition) is 3. The number of rotatable bonds is 1. The number of nitrogen functional groups attached to an aromatic ring is 1. The smallest absolute Gasteiger partial charge is 0.159 e. The van der Waals surface area contributed by atoms with E-state index >= 15 is 0 Å². The summed E-state index contributed by atoms with van der Waals surface area (Å²) in [6.07, 6.45) is 0. The summed E-state index contributed by atoms with van der Waals surface area (Å²) in [5.41, 5.74) is 6.50. The lowest BCUT2D eigenvalue weighted by Gasteiger charge is -2.05. The highest BCUT2D eigenvalue weighted by Crippen LogP contribution is 2.29. The highest BCUT2D eigenvalue weighted by molar-refractivity contribution is 9.10. The SMILES string of the molecule is COc1c(N)cc(Br)cc1C#N. The maximum atomic E-state index is 8.69. The van der Waals surface area contributed by atoms with E-state index < -0.39 is 0 Å². The maximum Gasteiger partial charge on any atom is 0.159 e. The van der Waals surface area contributed by atoms with E-state index in [0.29, 0.717) is 17.0 Å². The molecule has 0 aliphatic heterocycles. The molecule has 0 saturated heterocycles. The molecule has 1 rings (SSSR count). The fourth-order valence-electron chi connectivity index (χ4n) is 0.926. The largest absolute Gasteiger partial charge is 0.493 e. The molecule has 0 radical (unpaired) electrons. The molecule has 0 saturated carbocycles. The molecule has 0 spiro atoms. The standard InChI is InChI=1S/C8H7BrN2O/c1-12-8-5(4-10)2-6(9)3-7(8)11/h2-3H,11H2,1H3. The third-order valence-electron chi connectivity index (χ3n) is 1.41. The molecule has 0 aromatic heterocycles. The fourth-order valence-corrected chi connectivity index (χ4v) is 1.40. The molecular formula is C8H7BrN2O. The third-order valence-corrected chi connectivity index (χ3v) is 1.86. The first-order chi connectivity index (χ1) is 5.69. The number of nitrogens with two attached hydrogens (primary N) is 1. The van der Waals surface area contributed by atoms with Crippen molar-refractivity contribution < 1.29 is 4.74 Å². The van der Waals surface area contributed by atoms with Crippen molar-refractivity contribution in [3.05, 3.63) is 22.2 Å². The fraction of sp³-hybridized carbons (Fsp3) is 0.125. The van der Waals surface area contributed by atoms with Crippen molar-refractivity contribution >= 4 is 21.6 Å². The summed E-state index contributed by atoms with van der Waals surface area (Å²) in [4.78, 5) is 0. The third kappa shape index (κ3) is 1.51. The van der Waals surface area contributed by atoms with Gasteiger partial charge in [-0.1, -0.05) is 15.9 Å². The quantitative estimate of drug-likeness (QED) is 0.745. The normalized spacial score (nSPS) is 9.08. The molecule has 0 amide bonds. The van der Waals surface area contributed by atoms with Gasteiger partial charge in [0.25, 0.3) is 0 Å². The minimum atomic E-state index is 0.431. The predicted molar refractivity (Wildman–Crippen MR) is 49.8 cm³/mol. The number of hydrogen-bond donors (Lipinski definition) is 1. The predicted octanol–water partition coefficient (Wildman–Crippen LogP) is 1.91. The van der Waals surface area contributed by atoms with E-state index in [-0.39, 0.29) is 0 Å². The van der Waals surface area contributed by atoms with Crippen molar-refractivity contribution in [3.8, 4) is 11.8 Å². The summed E-state index contributed by atoms with van der Waals surface area (Å²) >= 11 is 3.23. The molecule has 0 heterocycles. The Morgan fingerprint density at radius 3 is 2.75 bits per heavy atom. The summed E-state index contributed by atoms with van der Waals surface area (Å²) in [6, 6.07) is 5.35. The molecule has 12 heavy (non-hydrogen) atoms. The average Bonchev–Trinajstić information content (AvgIpc) is 2.03. The first kappa shape index (κ1) is 8.88. The van der Waals surface area contributed by atoms with Crippen LogP contribution in [0.1, 0.15) is 5.56 Å². The zero-order valence-corrected chi connectivity index (χ0v) is 8.05. The molecule has 0 unspecified atom stereocenters. The van der Waals surface area contributed by atoms with E-state index in [1.807, 2.05) is 6.07 Å². The van der Waals surface area contributed by atoms with Gasteiger partial charge in [0, 0.05) is 4.47 Å². The van der Waals surface area contributed by atoms with Crippen molar-refractivity contribution in [2.75, 3.05) is 12.8 Å². The number of nitrogens with zero attached hydrogens (tertiary/aromatic N) is 1. The molecule has 62 valence electrons. The van der Waals surface area contributed by atoms with Crippen LogP contribution in [0.15, 0.2) is 16.6 Å². The molecule has 1 aromatic rings. The Morgan fingerprint density at radius 1 is 1.58 bits per heavy atom. The van der Waals surface area contributed by atoms with Gasteiger partial charge in [-0.05, 0) is 12.1 Å². The van der Waals surface area contributed by atoms with Gasteiger partial charge in [0.2, 0.25) is 0 Å². The Kier molecular flexibility index (Phi) is 2.56. The second-order valence-electron chi connectivity index (χ2n) is 2.19. The van der Waals surface area contributed by atoms with Crippen molar-refractivity contribution in [3.63, 3.8) is 0 Å². The Labute approximate surface area is 78.9 Å². The van der Waals surface area contributed by atoms with Gasteiger partial charge < -0.3 is 10.5 Å². The highest BCUT2D eigenvalue weighted by atomic mass is 79.9. The van der Waals surface area contributed by atoms with Crippen LogP contribution in [0.3, 0.4) is 0 Å². The molecule has 1 aromatic carbocycles. The van der Waals surface area contributed by atoms with Crippen LogP contribution in [0.25, 0.3) is 0 Å². The second-order valence-corrected chi connectivity index (χ2v) is 3.10. The van der Waals surface area contributed by atoms with Crippen molar-refractivity contribution in [2.45, 2.75) is 0 Å². The number of nitriles is 1. The van der Waals surface area contributed by atoms with Crippen LogP contribution in [-0.4, -0.2) is 7.11 Å². The van der Waals surface area contributed by atoms with Gasteiger partial charge in [0.1, 0.15) is 6.07 Å². The molecular weight excluding hydrogens is 220 g/mol. The van der Waals surface area contributed by atoms with Gasteiger partial charge in [-0.2, -0.15) is 5.26 Å². The van der Waals surface area contributed by atoms with E-state index in [0.717, 1.165) is 4.47 Å². The average molecular weight is 227 g/mol. The van der Waals surface area contributed by atoms with Gasteiger partial charge >= 0.3 is 0 Å². The van der Waals surface area contributed by atoms with Crippen LogP contribution in [0.5, 0.6) is 5.75 Å². The summed E-state index contributed by atoms with van der Waals surface area (Å²) in [6.45, 7) is 0. The Bertz CT molecular complexity index is 344. The van der Waals surface area contributed by atoms with Gasteiger partial charge in [0.05, 0.1) is 18.4 Å². The highest BCUT2D eigenvalue weighted by Gasteiger charge is 2.07. The minimum Gasteiger partial charge on any atom is -0.493 e. The zero-order chi connectivity index (χ0) is 9.14. The van der Waals surface area contributed by atoms with Gasteiger partial charge in [-0.3, -0.25) is 0 Å². The molecule has 0 aliphatic carbocycles. The molecule has 0 atom stereocenters. The Balaban J connectivity index is 3.36. The van der Waals surface area contributed by atoms with Gasteiger partial charge in [0.15, 0.2) is 5.75 Å². The van der Waals surface area contributed by atoms with E-state index in [1.165, 1.54) is 7.11 Å². The number of halogens is 1. The van der Waals surface area contributed by atoms with Crippen LogP contribution in [0.4, 0.5) is 5.69 Å². The Morgan fingerprint density at radius 2 is 2.25 bits per heavy atom. The molecule has 0 bridgehead atoms. The van der Waals surface area contributed by atoms with E-state index in [4.69, 9.17) is 15.7 Å². The summed E-state index contributed by atoms with van der Waals surface area (Å²) in [5, 5.41) is 8.69. The van der Waals surface area contributed by atoms with Crippen LogP contribution in [0, 0.1) is 11.3 Å². The van der Waals surface area contributed by atoms with Crippen LogP contribution < -0.4 is 10.5 Å². The molecule has 4 heteroatoms. The zero-order valence-electron chi connectivity index (χ0n) is 6.47. The van der Waals surface area contributed by atoms with Crippen LogP contribution in [0.2, 0.25) is 0 Å². The van der Waals surface area contributed by atoms with E-state index in [2.05, 4.69) is 15.9 Å². The minimum absolute atomic E-state index is 0.431. The summed E-state index contributed by atoms with van der Waals surface area (Å²) in [5.74, 6) is 0.431. The molecule has 3 nitrogen and oxygen atoms in total. The van der Waals surface area contributed by atoms with E-state index in [9.17, 15) is 0 Å². The first-order valence-electron chi connectivity index (χ1n) is 3.22. The van der Waals surface area contributed by atoms with E-state index in [1.54, 1.807) is 12.1 Å². The second kappa shape index (κ2) is 3.46. The van der Waals surface area contributed by atoms with Crippen molar-refractivity contribution in [2.24, 2.45) is 0 Å². The number of methoxy groups -OCH3 is 1. The number of ether oxygens (including phenoxy) is 1. The van der Waals surface area contributed by atoms with Crippen LogP contribution >= 0.6 is 15.9 Å². The topological polar surface area (TPSA) is 59.0 Å². The monoisotopic (exact) mass is 226 g/mol. The molecule has 2 N–H and O–H groups in total. The van der Waals surface area contributed by atoms with Crippen molar-refractivity contribution in [1.29, 1.82) is 5.26 Å². The van der Waals surface area contributed by atoms with Gasteiger partial charge in [-0.25, -0.2) is 0 Å². The molecule has 0 aliphatic rings. The van der Waals surface area contributed by atoms with Gasteiger partial charge in [-0.15, -0.1) is 0 Å². The van der Waals surface area contributed by atoms with Crippen LogP contribution in [-0.2, 0) is 0 Å². The number of anilines is 1. The summed E-state index contributed by atoms with van der Waals surface area (Å²) in [7, 11) is 1.49. The lowest BCUT2D eigenvalue weighted by atomic mass is 10.2. The first-order valence-corrected chi connectivity index (χ1v) is 4.01. The Hall–Kier alpha value is -1.21. The van der Waals surface area contributed by atoms with Crippen molar-refractivity contribution in [1.82, 2.24) is 0 Å².